The molecule has 132 valence electrons. The normalized spacial score (nSPS) is 17.1. The molecule has 25 heavy (non-hydrogen) atoms. The quantitative estimate of drug-likeness (QED) is 0.824. The highest BCUT2D eigenvalue weighted by molar-refractivity contribution is 5.89. The summed E-state index contributed by atoms with van der Waals surface area (Å²) in [4.78, 5) is 34.6. The molecule has 0 saturated carbocycles. The SMILES string of the molecule is CCCn1ccnc1CNC(=O)C1CC(=O)N(Cc2ccncc2)C1. The van der Waals surface area contributed by atoms with Crippen LogP contribution in [0.5, 0.6) is 0 Å². The van der Waals surface area contributed by atoms with E-state index in [1.54, 1.807) is 23.5 Å². The first-order chi connectivity index (χ1) is 12.2. The maximum absolute atomic E-state index is 12.4. The van der Waals surface area contributed by atoms with Crippen molar-refractivity contribution >= 4 is 11.8 Å². The Morgan fingerprint density at radius 1 is 1.32 bits per heavy atom. The van der Waals surface area contributed by atoms with Crippen molar-refractivity contribution in [2.75, 3.05) is 6.54 Å². The van der Waals surface area contributed by atoms with Crippen LogP contribution in [0.1, 0.15) is 31.2 Å². The highest BCUT2D eigenvalue weighted by Crippen LogP contribution is 2.20. The number of likely N-dealkylation sites (tertiary alicyclic amines) is 1. The van der Waals surface area contributed by atoms with Crippen molar-refractivity contribution in [2.24, 2.45) is 5.92 Å². The largest absolute Gasteiger partial charge is 0.349 e. The lowest BCUT2D eigenvalue weighted by Crippen LogP contribution is -2.33. The van der Waals surface area contributed by atoms with E-state index in [-0.39, 0.29) is 24.2 Å². The third-order valence-electron chi connectivity index (χ3n) is 4.40. The Labute approximate surface area is 147 Å². The number of aryl methyl sites for hydroxylation is 1. The number of carbonyl (C=O) groups excluding carboxylic acids is 2. The summed E-state index contributed by atoms with van der Waals surface area (Å²) in [6.07, 6.45) is 8.35. The van der Waals surface area contributed by atoms with Crippen LogP contribution in [0.4, 0.5) is 0 Å². The number of amides is 2. The molecule has 2 aromatic rings. The third-order valence-corrected chi connectivity index (χ3v) is 4.40. The minimum Gasteiger partial charge on any atom is -0.349 e. The molecule has 3 heterocycles. The van der Waals surface area contributed by atoms with Crippen molar-refractivity contribution < 1.29 is 9.59 Å². The molecule has 0 radical (unpaired) electrons. The smallest absolute Gasteiger partial charge is 0.225 e. The summed E-state index contributed by atoms with van der Waals surface area (Å²) in [6.45, 7) is 4.35. The molecular weight excluding hydrogens is 318 g/mol. The monoisotopic (exact) mass is 341 g/mol. The van der Waals surface area contributed by atoms with Crippen molar-refractivity contribution in [1.82, 2.24) is 24.8 Å². The summed E-state index contributed by atoms with van der Waals surface area (Å²) in [5.74, 6) is 0.471. The lowest BCUT2D eigenvalue weighted by Gasteiger charge is -2.16. The van der Waals surface area contributed by atoms with Gasteiger partial charge in [-0.2, -0.15) is 0 Å². The predicted molar refractivity (Wildman–Crippen MR) is 92.1 cm³/mol. The zero-order valence-corrected chi connectivity index (χ0v) is 14.4. The molecule has 1 aliphatic heterocycles. The molecule has 0 aromatic carbocycles. The number of aromatic nitrogens is 3. The van der Waals surface area contributed by atoms with Crippen molar-refractivity contribution in [3.8, 4) is 0 Å². The van der Waals surface area contributed by atoms with Crippen molar-refractivity contribution in [3.63, 3.8) is 0 Å². The molecule has 1 atom stereocenters. The van der Waals surface area contributed by atoms with E-state index >= 15 is 0 Å². The molecule has 2 aromatic heterocycles. The van der Waals surface area contributed by atoms with Gasteiger partial charge in [0.25, 0.3) is 0 Å². The number of hydrogen-bond donors (Lipinski definition) is 1. The Morgan fingerprint density at radius 2 is 2.12 bits per heavy atom. The fourth-order valence-corrected chi connectivity index (χ4v) is 3.07. The fourth-order valence-electron chi connectivity index (χ4n) is 3.07. The third kappa shape index (κ3) is 4.23. The van der Waals surface area contributed by atoms with Gasteiger partial charge in [0.2, 0.25) is 11.8 Å². The van der Waals surface area contributed by atoms with Crippen LogP contribution in [-0.4, -0.2) is 37.8 Å². The molecule has 1 saturated heterocycles. The second-order valence-corrected chi connectivity index (χ2v) is 6.29. The molecule has 2 amide bonds. The van der Waals surface area contributed by atoms with Crippen LogP contribution in [0.3, 0.4) is 0 Å². The molecule has 0 spiro atoms. The Bertz CT molecular complexity index is 728. The van der Waals surface area contributed by atoms with E-state index in [1.165, 1.54) is 0 Å². The van der Waals surface area contributed by atoms with Crippen LogP contribution in [0, 0.1) is 5.92 Å². The van der Waals surface area contributed by atoms with Crippen LogP contribution < -0.4 is 5.32 Å². The number of nitrogens with zero attached hydrogens (tertiary/aromatic N) is 4. The minimum absolute atomic E-state index is 0.0180. The van der Waals surface area contributed by atoms with E-state index < -0.39 is 0 Å². The summed E-state index contributed by atoms with van der Waals surface area (Å²) in [7, 11) is 0. The van der Waals surface area contributed by atoms with Crippen LogP contribution in [0.25, 0.3) is 0 Å². The molecule has 1 unspecified atom stereocenters. The van der Waals surface area contributed by atoms with Gasteiger partial charge in [0.15, 0.2) is 0 Å². The number of hydrogen-bond acceptors (Lipinski definition) is 4. The van der Waals surface area contributed by atoms with E-state index in [9.17, 15) is 9.59 Å². The molecule has 0 bridgehead atoms. The van der Waals surface area contributed by atoms with Gasteiger partial charge >= 0.3 is 0 Å². The predicted octanol–water partition coefficient (Wildman–Crippen LogP) is 1.35. The maximum Gasteiger partial charge on any atom is 0.225 e. The van der Waals surface area contributed by atoms with Gasteiger partial charge in [0.05, 0.1) is 12.5 Å². The van der Waals surface area contributed by atoms with Gasteiger partial charge in [-0.3, -0.25) is 14.6 Å². The van der Waals surface area contributed by atoms with E-state index in [0.29, 0.717) is 19.6 Å². The summed E-state index contributed by atoms with van der Waals surface area (Å²) in [5, 5.41) is 2.92. The van der Waals surface area contributed by atoms with E-state index in [4.69, 9.17) is 0 Å². The number of carbonyl (C=O) groups is 2. The zero-order chi connectivity index (χ0) is 17.6. The van der Waals surface area contributed by atoms with Gasteiger partial charge in [-0.15, -0.1) is 0 Å². The van der Waals surface area contributed by atoms with Crippen molar-refractivity contribution in [1.29, 1.82) is 0 Å². The first kappa shape index (κ1) is 17.1. The van der Waals surface area contributed by atoms with E-state index in [0.717, 1.165) is 24.4 Å². The summed E-state index contributed by atoms with van der Waals surface area (Å²) in [6, 6.07) is 3.77. The fraction of sp³-hybridized carbons (Fsp3) is 0.444. The second kappa shape index (κ2) is 7.92. The lowest BCUT2D eigenvalue weighted by atomic mass is 10.1. The standard InChI is InChI=1S/C18H23N5O2/c1-2-8-22-9-7-20-16(22)11-21-18(25)15-10-17(24)23(13-15)12-14-3-5-19-6-4-14/h3-7,9,15H,2,8,10-13H2,1H3,(H,21,25). The average molecular weight is 341 g/mol. The van der Waals surface area contributed by atoms with E-state index in [2.05, 4.69) is 22.2 Å². The van der Waals surface area contributed by atoms with Gasteiger partial charge in [-0.25, -0.2) is 4.98 Å². The molecule has 3 rings (SSSR count). The number of imidazole rings is 1. The molecule has 0 aliphatic carbocycles. The first-order valence-corrected chi connectivity index (χ1v) is 8.61. The van der Waals surface area contributed by atoms with Crippen LogP contribution in [0.15, 0.2) is 36.9 Å². The van der Waals surface area contributed by atoms with Crippen LogP contribution in [0.2, 0.25) is 0 Å². The zero-order valence-electron chi connectivity index (χ0n) is 14.4. The molecule has 7 nitrogen and oxygen atoms in total. The molecule has 7 heteroatoms. The second-order valence-electron chi connectivity index (χ2n) is 6.29. The van der Waals surface area contributed by atoms with Gasteiger partial charge < -0.3 is 14.8 Å². The minimum atomic E-state index is -0.302. The van der Waals surface area contributed by atoms with E-state index in [1.807, 2.05) is 22.9 Å². The van der Waals surface area contributed by atoms with Crippen LogP contribution >= 0.6 is 0 Å². The molecule has 1 N–H and O–H groups in total. The van der Waals surface area contributed by atoms with Gasteiger partial charge in [-0.05, 0) is 24.1 Å². The summed E-state index contributed by atoms with van der Waals surface area (Å²) < 4.78 is 2.04. The van der Waals surface area contributed by atoms with Crippen LogP contribution in [-0.2, 0) is 29.2 Å². The lowest BCUT2D eigenvalue weighted by molar-refractivity contribution is -0.129. The Hall–Kier alpha value is -2.70. The molecule has 1 aliphatic rings. The summed E-state index contributed by atoms with van der Waals surface area (Å²) >= 11 is 0. The molecular formula is C18H23N5O2. The number of nitrogens with one attached hydrogen (secondary N) is 1. The van der Waals surface area contributed by atoms with Gasteiger partial charge in [0.1, 0.15) is 5.82 Å². The highest BCUT2D eigenvalue weighted by Gasteiger charge is 2.34. The topological polar surface area (TPSA) is 80.1 Å². The Morgan fingerprint density at radius 3 is 2.88 bits per heavy atom. The molecule has 1 fully saturated rings. The number of rotatable bonds is 7. The van der Waals surface area contributed by atoms with Gasteiger partial charge in [-0.1, -0.05) is 6.92 Å². The van der Waals surface area contributed by atoms with Crippen molar-refractivity contribution in [2.45, 2.75) is 39.4 Å². The average Bonchev–Trinajstić information content (AvgIpc) is 3.21. The first-order valence-electron chi connectivity index (χ1n) is 8.61. The number of pyridine rings is 1. The Balaban J connectivity index is 1.53. The highest BCUT2D eigenvalue weighted by atomic mass is 16.2. The van der Waals surface area contributed by atoms with Gasteiger partial charge in [0, 0.05) is 50.8 Å². The maximum atomic E-state index is 12.4. The van der Waals surface area contributed by atoms with Crippen molar-refractivity contribution in [3.05, 3.63) is 48.3 Å². The Kier molecular flexibility index (Phi) is 5.42. The summed E-state index contributed by atoms with van der Waals surface area (Å²) in [5.41, 5.74) is 1.02.